The van der Waals surface area contributed by atoms with E-state index in [-0.39, 0.29) is 0 Å². The lowest BCUT2D eigenvalue weighted by Crippen LogP contribution is -2.54. The van der Waals surface area contributed by atoms with Crippen molar-refractivity contribution in [2.75, 3.05) is 19.6 Å². The quantitative estimate of drug-likeness (QED) is 0.913. The molecule has 21 heavy (non-hydrogen) atoms. The van der Waals surface area contributed by atoms with Crippen molar-refractivity contribution in [1.82, 2.24) is 10.2 Å². The molecule has 2 fully saturated rings. The van der Waals surface area contributed by atoms with Gasteiger partial charge in [0, 0.05) is 31.7 Å². The third-order valence-electron chi connectivity index (χ3n) is 5.20. The normalized spacial score (nSPS) is 26.2. The van der Waals surface area contributed by atoms with E-state index in [2.05, 4.69) is 40.5 Å². The van der Waals surface area contributed by atoms with Crippen LogP contribution in [0.3, 0.4) is 0 Å². The maximum atomic E-state index is 3.72. The minimum Gasteiger partial charge on any atom is -0.311 e. The second kappa shape index (κ2) is 7.95. The zero-order valence-corrected chi connectivity index (χ0v) is 13.3. The Hall–Kier alpha value is -0.860. The summed E-state index contributed by atoms with van der Waals surface area (Å²) in [5.74, 6) is 0. The third kappa shape index (κ3) is 4.55. The largest absolute Gasteiger partial charge is 0.311 e. The highest BCUT2D eigenvalue weighted by atomic mass is 15.2. The average molecular weight is 286 g/mol. The molecule has 1 aliphatic heterocycles. The average Bonchev–Trinajstić information content (AvgIpc) is 2.48. The van der Waals surface area contributed by atoms with Gasteiger partial charge in [0.1, 0.15) is 0 Å². The fourth-order valence-corrected chi connectivity index (χ4v) is 4.02. The summed E-state index contributed by atoms with van der Waals surface area (Å²) >= 11 is 0. The summed E-state index contributed by atoms with van der Waals surface area (Å²) in [6, 6.07) is 12.4. The Morgan fingerprint density at radius 1 is 0.952 bits per heavy atom. The van der Waals surface area contributed by atoms with Crippen LogP contribution in [-0.2, 0) is 6.42 Å². The SMILES string of the molecule is c1ccc(CC2CN(C3CCCCCCC3)CCN2)cc1. The van der Waals surface area contributed by atoms with Crippen LogP contribution in [0.15, 0.2) is 30.3 Å². The Morgan fingerprint density at radius 2 is 1.67 bits per heavy atom. The van der Waals surface area contributed by atoms with Gasteiger partial charge in [-0.15, -0.1) is 0 Å². The van der Waals surface area contributed by atoms with E-state index in [1.54, 1.807) is 0 Å². The lowest BCUT2D eigenvalue weighted by molar-refractivity contribution is 0.122. The molecule has 116 valence electrons. The van der Waals surface area contributed by atoms with Crippen LogP contribution in [0, 0.1) is 0 Å². The first-order chi connectivity index (χ1) is 10.4. The Kier molecular flexibility index (Phi) is 5.70. The predicted octanol–water partition coefficient (Wildman–Crippen LogP) is 3.62. The Balaban J connectivity index is 1.54. The van der Waals surface area contributed by atoms with Crippen LogP contribution in [0.1, 0.15) is 50.5 Å². The fraction of sp³-hybridized carbons (Fsp3) is 0.684. The summed E-state index contributed by atoms with van der Waals surface area (Å²) in [5, 5.41) is 3.72. The summed E-state index contributed by atoms with van der Waals surface area (Å²) in [6.07, 6.45) is 11.3. The number of hydrogen-bond donors (Lipinski definition) is 1. The van der Waals surface area contributed by atoms with E-state index in [1.165, 1.54) is 70.0 Å². The van der Waals surface area contributed by atoms with E-state index in [4.69, 9.17) is 0 Å². The van der Waals surface area contributed by atoms with Gasteiger partial charge in [-0.1, -0.05) is 62.4 Å². The molecular weight excluding hydrogens is 256 g/mol. The van der Waals surface area contributed by atoms with Crippen LogP contribution in [-0.4, -0.2) is 36.6 Å². The van der Waals surface area contributed by atoms with Gasteiger partial charge in [0.15, 0.2) is 0 Å². The number of nitrogens with one attached hydrogen (secondary N) is 1. The highest BCUT2D eigenvalue weighted by molar-refractivity contribution is 5.16. The molecule has 0 aromatic heterocycles. The Labute approximate surface area is 129 Å². The maximum absolute atomic E-state index is 3.72. The molecule has 1 N–H and O–H groups in total. The Bertz CT molecular complexity index is 395. The molecule has 2 heteroatoms. The molecule has 1 aliphatic carbocycles. The molecule has 1 atom stereocenters. The van der Waals surface area contributed by atoms with Gasteiger partial charge in [-0.2, -0.15) is 0 Å². The second-order valence-corrected chi connectivity index (χ2v) is 6.83. The van der Waals surface area contributed by atoms with Crippen molar-refractivity contribution in [2.24, 2.45) is 0 Å². The lowest BCUT2D eigenvalue weighted by atomic mass is 9.94. The first-order valence-electron chi connectivity index (χ1n) is 8.93. The molecule has 2 nitrogen and oxygen atoms in total. The first-order valence-corrected chi connectivity index (χ1v) is 8.93. The van der Waals surface area contributed by atoms with E-state index in [0.29, 0.717) is 6.04 Å². The van der Waals surface area contributed by atoms with E-state index >= 15 is 0 Å². The third-order valence-corrected chi connectivity index (χ3v) is 5.20. The van der Waals surface area contributed by atoms with Gasteiger partial charge in [-0.25, -0.2) is 0 Å². The van der Waals surface area contributed by atoms with Crippen molar-refractivity contribution >= 4 is 0 Å². The van der Waals surface area contributed by atoms with Crippen LogP contribution in [0.4, 0.5) is 0 Å². The molecule has 0 radical (unpaired) electrons. The van der Waals surface area contributed by atoms with Crippen molar-refractivity contribution < 1.29 is 0 Å². The molecule has 1 saturated carbocycles. The summed E-state index contributed by atoms with van der Waals surface area (Å²) in [6.45, 7) is 3.64. The monoisotopic (exact) mass is 286 g/mol. The van der Waals surface area contributed by atoms with Crippen LogP contribution >= 0.6 is 0 Å². The molecule has 1 saturated heterocycles. The van der Waals surface area contributed by atoms with E-state index in [1.807, 2.05) is 0 Å². The van der Waals surface area contributed by atoms with Crippen molar-refractivity contribution in [3.05, 3.63) is 35.9 Å². The Morgan fingerprint density at radius 3 is 2.43 bits per heavy atom. The van der Waals surface area contributed by atoms with Crippen molar-refractivity contribution in [3.63, 3.8) is 0 Å². The van der Waals surface area contributed by atoms with Crippen LogP contribution in [0.25, 0.3) is 0 Å². The number of rotatable bonds is 3. The van der Waals surface area contributed by atoms with E-state index in [9.17, 15) is 0 Å². The van der Waals surface area contributed by atoms with Gasteiger partial charge in [-0.3, -0.25) is 4.90 Å². The molecule has 3 rings (SSSR count). The lowest BCUT2D eigenvalue weighted by Gasteiger charge is -2.40. The van der Waals surface area contributed by atoms with Gasteiger partial charge in [-0.05, 0) is 24.8 Å². The summed E-state index contributed by atoms with van der Waals surface area (Å²) in [5.41, 5.74) is 1.47. The first kappa shape index (κ1) is 15.1. The van der Waals surface area contributed by atoms with Gasteiger partial charge in [0.2, 0.25) is 0 Å². The van der Waals surface area contributed by atoms with Gasteiger partial charge in [0.05, 0.1) is 0 Å². The van der Waals surface area contributed by atoms with Crippen molar-refractivity contribution in [3.8, 4) is 0 Å². The van der Waals surface area contributed by atoms with Crippen LogP contribution in [0.2, 0.25) is 0 Å². The molecule has 0 spiro atoms. The van der Waals surface area contributed by atoms with Crippen LogP contribution in [0.5, 0.6) is 0 Å². The van der Waals surface area contributed by atoms with E-state index < -0.39 is 0 Å². The molecule has 1 heterocycles. The van der Waals surface area contributed by atoms with Crippen molar-refractivity contribution in [1.29, 1.82) is 0 Å². The highest BCUT2D eigenvalue weighted by Gasteiger charge is 2.25. The van der Waals surface area contributed by atoms with Crippen LogP contribution < -0.4 is 5.32 Å². The second-order valence-electron chi connectivity index (χ2n) is 6.83. The van der Waals surface area contributed by atoms with Gasteiger partial charge >= 0.3 is 0 Å². The number of hydrogen-bond acceptors (Lipinski definition) is 2. The number of piperazine rings is 1. The molecule has 1 aromatic rings. The topological polar surface area (TPSA) is 15.3 Å². The molecule has 0 bridgehead atoms. The number of benzene rings is 1. The fourth-order valence-electron chi connectivity index (χ4n) is 4.02. The molecular formula is C19H30N2. The summed E-state index contributed by atoms with van der Waals surface area (Å²) < 4.78 is 0. The summed E-state index contributed by atoms with van der Waals surface area (Å²) in [4.78, 5) is 2.79. The summed E-state index contributed by atoms with van der Waals surface area (Å²) in [7, 11) is 0. The zero-order valence-electron chi connectivity index (χ0n) is 13.3. The van der Waals surface area contributed by atoms with E-state index in [0.717, 1.165) is 12.6 Å². The zero-order chi connectivity index (χ0) is 14.3. The molecule has 2 aliphatic rings. The van der Waals surface area contributed by atoms with Gasteiger partial charge < -0.3 is 5.32 Å². The number of nitrogens with zero attached hydrogens (tertiary/aromatic N) is 1. The minimum absolute atomic E-state index is 0.631. The minimum atomic E-state index is 0.631. The standard InChI is InChI=1S/C19H30N2/c1-2-7-11-19(12-8-3-1)21-14-13-20-18(16-21)15-17-9-5-4-6-10-17/h4-6,9-10,18-20H,1-3,7-8,11-16H2. The molecule has 1 aromatic carbocycles. The smallest absolute Gasteiger partial charge is 0.0236 e. The van der Waals surface area contributed by atoms with Gasteiger partial charge in [0.25, 0.3) is 0 Å². The van der Waals surface area contributed by atoms with Crippen molar-refractivity contribution in [2.45, 2.75) is 63.5 Å². The molecule has 0 amide bonds. The predicted molar refractivity (Wildman–Crippen MR) is 89.6 cm³/mol. The molecule has 1 unspecified atom stereocenters. The maximum Gasteiger partial charge on any atom is 0.0236 e. The highest BCUT2D eigenvalue weighted by Crippen LogP contribution is 2.22.